The molecule has 1 aliphatic rings. The fourth-order valence-corrected chi connectivity index (χ4v) is 3.00. The van der Waals surface area contributed by atoms with Crippen molar-refractivity contribution in [2.24, 2.45) is 0 Å². The predicted octanol–water partition coefficient (Wildman–Crippen LogP) is 2.19. The molecule has 0 radical (unpaired) electrons. The number of ether oxygens (including phenoxy) is 2. The van der Waals surface area contributed by atoms with Gasteiger partial charge in [0.05, 0.1) is 13.0 Å². The highest BCUT2D eigenvalue weighted by Crippen LogP contribution is 2.22. The highest BCUT2D eigenvalue weighted by molar-refractivity contribution is 7.12. The zero-order valence-electron chi connectivity index (χ0n) is 11.4. The number of aryl methyl sites for hydroxylation is 2. The van der Waals surface area contributed by atoms with Crippen molar-refractivity contribution in [2.45, 2.75) is 39.2 Å². The quantitative estimate of drug-likeness (QED) is 0.615. The number of hydrogen-bond acceptors (Lipinski definition) is 6. The topological polar surface area (TPSA) is 69.7 Å². The van der Waals surface area contributed by atoms with Gasteiger partial charge in [-0.25, -0.2) is 4.79 Å². The smallest absolute Gasteiger partial charge is 0.347 e. The number of esters is 2. The third-order valence-electron chi connectivity index (χ3n) is 3.06. The van der Waals surface area contributed by atoms with Crippen LogP contribution in [0.4, 0.5) is 0 Å². The first-order valence-electron chi connectivity index (χ1n) is 6.43. The van der Waals surface area contributed by atoms with Crippen LogP contribution < -0.4 is 0 Å². The Morgan fingerprint density at radius 3 is 2.70 bits per heavy atom. The molecular formula is C14H16O5S. The maximum atomic E-state index is 12.0. The molecule has 0 aromatic carbocycles. The van der Waals surface area contributed by atoms with E-state index in [1.54, 1.807) is 11.3 Å². The highest BCUT2D eigenvalue weighted by atomic mass is 32.1. The summed E-state index contributed by atoms with van der Waals surface area (Å²) in [6, 6.07) is 1.84. The molecule has 6 heteroatoms. The molecule has 2 heterocycles. The Bertz CT molecular complexity index is 546. The van der Waals surface area contributed by atoms with Crippen molar-refractivity contribution < 1.29 is 23.9 Å². The van der Waals surface area contributed by atoms with E-state index in [0.717, 1.165) is 9.75 Å². The van der Waals surface area contributed by atoms with Gasteiger partial charge in [0.2, 0.25) is 6.10 Å². The van der Waals surface area contributed by atoms with Crippen molar-refractivity contribution in [1.29, 1.82) is 0 Å². The average Bonchev–Trinajstić information content (AvgIpc) is 2.93. The van der Waals surface area contributed by atoms with E-state index in [2.05, 4.69) is 0 Å². The van der Waals surface area contributed by atoms with Gasteiger partial charge in [-0.2, -0.15) is 0 Å². The van der Waals surface area contributed by atoms with Crippen LogP contribution in [0.25, 0.3) is 0 Å². The normalized spacial score (nSPS) is 17.9. The maximum absolute atomic E-state index is 12.0. The third kappa shape index (κ3) is 3.45. The molecule has 1 aromatic rings. The van der Waals surface area contributed by atoms with Crippen LogP contribution in [0.1, 0.15) is 39.4 Å². The summed E-state index contributed by atoms with van der Waals surface area (Å²) in [5.74, 6) is -1.11. The van der Waals surface area contributed by atoms with Gasteiger partial charge in [-0.3, -0.25) is 9.59 Å². The average molecular weight is 296 g/mol. The summed E-state index contributed by atoms with van der Waals surface area (Å²) in [4.78, 5) is 36.8. The van der Waals surface area contributed by atoms with E-state index in [1.807, 2.05) is 19.9 Å². The van der Waals surface area contributed by atoms with E-state index < -0.39 is 18.0 Å². The molecule has 1 aliphatic heterocycles. The Kier molecular flexibility index (Phi) is 4.54. The summed E-state index contributed by atoms with van der Waals surface area (Å²) in [6.07, 6.45) is -0.335. The number of Topliss-reactive ketones (excluding diaryl/α,β-unsaturated/α-hetero) is 1. The van der Waals surface area contributed by atoms with E-state index in [4.69, 9.17) is 9.47 Å². The first-order chi connectivity index (χ1) is 9.47. The standard InChI is InChI=1S/C14H16O5S/c1-8-7-10(9(2)20-8)11(15)3-4-13(16)19-12-5-6-18-14(12)17/h7,12H,3-6H2,1-2H3. The van der Waals surface area contributed by atoms with Gasteiger partial charge in [-0.05, 0) is 19.9 Å². The van der Waals surface area contributed by atoms with Crippen LogP contribution in [0, 0.1) is 13.8 Å². The molecule has 0 amide bonds. The van der Waals surface area contributed by atoms with Crippen LogP contribution >= 0.6 is 11.3 Å². The van der Waals surface area contributed by atoms with Crippen LogP contribution in [0.15, 0.2) is 6.07 Å². The fraction of sp³-hybridized carbons (Fsp3) is 0.500. The van der Waals surface area contributed by atoms with Gasteiger partial charge in [0.1, 0.15) is 0 Å². The van der Waals surface area contributed by atoms with Gasteiger partial charge < -0.3 is 9.47 Å². The summed E-state index contributed by atoms with van der Waals surface area (Å²) in [6.45, 7) is 4.11. The Labute approximate surface area is 120 Å². The van der Waals surface area contributed by atoms with Crippen LogP contribution in [-0.2, 0) is 19.1 Å². The third-order valence-corrected chi connectivity index (χ3v) is 4.02. The lowest BCUT2D eigenvalue weighted by Crippen LogP contribution is -2.22. The van der Waals surface area contributed by atoms with Crippen molar-refractivity contribution in [3.8, 4) is 0 Å². The van der Waals surface area contributed by atoms with E-state index in [-0.39, 0.29) is 25.2 Å². The molecule has 5 nitrogen and oxygen atoms in total. The summed E-state index contributed by atoms with van der Waals surface area (Å²) < 4.78 is 9.68. The van der Waals surface area contributed by atoms with Gasteiger partial charge >= 0.3 is 11.9 Å². The molecule has 108 valence electrons. The lowest BCUT2D eigenvalue weighted by Gasteiger charge is -2.07. The maximum Gasteiger partial charge on any atom is 0.347 e. The van der Waals surface area contributed by atoms with Gasteiger partial charge in [-0.15, -0.1) is 11.3 Å². The van der Waals surface area contributed by atoms with Crippen molar-refractivity contribution in [3.63, 3.8) is 0 Å². The second kappa shape index (κ2) is 6.17. The minimum absolute atomic E-state index is 0.0169. The summed E-state index contributed by atoms with van der Waals surface area (Å²) in [5.41, 5.74) is 0.667. The predicted molar refractivity (Wildman–Crippen MR) is 72.8 cm³/mol. The first-order valence-corrected chi connectivity index (χ1v) is 7.25. The number of cyclic esters (lactones) is 1. The molecule has 1 saturated heterocycles. The molecule has 0 saturated carbocycles. The lowest BCUT2D eigenvalue weighted by atomic mass is 10.1. The van der Waals surface area contributed by atoms with Crippen molar-refractivity contribution in [1.82, 2.24) is 0 Å². The zero-order valence-corrected chi connectivity index (χ0v) is 12.2. The second-order valence-corrected chi connectivity index (χ2v) is 6.15. The Morgan fingerprint density at radius 2 is 2.15 bits per heavy atom. The van der Waals surface area contributed by atoms with E-state index in [1.165, 1.54) is 0 Å². The molecule has 0 aliphatic carbocycles. The van der Waals surface area contributed by atoms with Crippen LogP contribution in [0.2, 0.25) is 0 Å². The Balaban J connectivity index is 1.82. The molecule has 0 N–H and O–H groups in total. The number of thiophene rings is 1. The molecule has 20 heavy (non-hydrogen) atoms. The monoisotopic (exact) mass is 296 g/mol. The Morgan fingerprint density at radius 1 is 1.40 bits per heavy atom. The van der Waals surface area contributed by atoms with Crippen LogP contribution in [-0.4, -0.2) is 30.4 Å². The summed E-state index contributed by atoms with van der Waals surface area (Å²) >= 11 is 1.56. The van der Waals surface area contributed by atoms with E-state index in [9.17, 15) is 14.4 Å². The van der Waals surface area contributed by atoms with Crippen molar-refractivity contribution >= 4 is 29.1 Å². The highest BCUT2D eigenvalue weighted by Gasteiger charge is 2.30. The van der Waals surface area contributed by atoms with Crippen molar-refractivity contribution in [3.05, 3.63) is 21.4 Å². The summed E-state index contributed by atoms with van der Waals surface area (Å²) in [7, 11) is 0. The molecule has 1 fully saturated rings. The number of ketones is 1. The molecular weight excluding hydrogens is 280 g/mol. The van der Waals surface area contributed by atoms with Gasteiger partial charge in [-0.1, -0.05) is 0 Å². The van der Waals surface area contributed by atoms with Gasteiger partial charge in [0.15, 0.2) is 5.78 Å². The number of carbonyl (C=O) groups excluding carboxylic acids is 3. The first kappa shape index (κ1) is 14.7. The van der Waals surface area contributed by atoms with Gasteiger partial charge in [0, 0.05) is 28.2 Å². The molecule has 0 bridgehead atoms. The SMILES string of the molecule is Cc1cc(C(=O)CCC(=O)OC2CCOC2=O)c(C)s1. The molecule has 0 spiro atoms. The molecule has 1 unspecified atom stereocenters. The minimum Gasteiger partial charge on any atom is -0.463 e. The number of carbonyl (C=O) groups is 3. The molecule has 1 atom stereocenters. The summed E-state index contributed by atoms with van der Waals surface area (Å²) in [5, 5.41) is 0. The minimum atomic E-state index is -0.803. The van der Waals surface area contributed by atoms with E-state index >= 15 is 0 Å². The largest absolute Gasteiger partial charge is 0.463 e. The number of hydrogen-bond donors (Lipinski definition) is 0. The molecule has 1 aromatic heterocycles. The lowest BCUT2D eigenvalue weighted by molar-refractivity contribution is -0.160. The van der Waals surface area contributed by atoms with Crippen LogP contribution in [0.5, 0.6) is 0 Å². The second-order valence-electron chi connectivity index (χ2n) is 4.68. The zero-order chi connectivity index (χ0) is 14.7. The van der Waals surface area contributed by atoms with Gasteiger partial charge in [0.25, 0.3) is 0 Å². The molecule has 2 rings (SSSR count). The Hall–Kier alpha value is -1.69. The number of rotatable bonds is 5. The van der Waals surface area contributed by atoms with E-state index in [0.29, 0.717) is 12.0 Å². The fourth-order valence-electron chi connectivity index (χ4n) is 2.06. The van der Waals surface area contributed by atoms with Crippen LogP contribution in [0.3, 0.4) is 0 Å². The van der Waals surface area contributed by atoms with Crippen molar-refractivity contribution in [2.75, 3.05) is 6.61 Å².